The number of carbonyl (C=O) groups excluding carboxylic acids is 1. The zero-order valence-corrected chi connectivity index (χ0v) is 8.84. The third-order valence-electron chi connectivity index (χ3n) is 2.14. The summed E-state index contributed by atoms with van der Waals surface area (Å²) in [5, 5.41) is 0. The summed E-state index contributed by atoms with van der Waals surface area (Å²) < 4.78 is 29.2. The normalized spacial score (nSPS) is 10.6. The van der Waals surface area contributed by atoms with E-state index in [1.54, 1.807) is 0 Å². The monoisotopic (exact) mass is 231 g/mol. The van der Waals surface area contributed by atoms with Gasteiger partial charge in [0.1, 0.15) is 0 Å². The maximum Gasteiger partial charge on any atom is 0.310 e. The van der Waals surface area contributed by atoms with E-state index < -0.39 is 23.6 Å². The molecule has 0 aliphatic carbocycles. The second kappa shape index (κ2) is 4.87. The van der Waals surface area contributed by atoms with E-state index in [0.29, 0.717) is 0 Å². The van der Waals surface area contributed by atoms with Crippen LogP contribution < -0.4 is 5.56 Å². The van der Waals surface area contributed by atoms with Crippen LogP contribution in [0, 0.1) is 6.92 Å². The summed E-state index contributed by atoms with van der Waals surface area (Å²) in [6.07, 6.45) is -2.96. The van der Waals surface area contributed by atoms with Gasteiger partial charge in [-0.05, 0) is 18.6 Å². The smallest absolute Gasteiger partial charge is 0.310 e. The van der Waals surface area contributed by atoms with Crippen LogP contribution in [0.3, 0.4) is 0 Å². The number of alkyl halides is 2. The predicted octanol–water partition coefficient (Wildman–Crippen LogP) is 1.34. The molecule has 88 valence electrons. The van der Waals surface area contributed by atoms with Gasteiger partial charge in [-0.25, -0.2) is 8.78 Å². The van der Waals surface area contributed by atoms with Crippen molar-refractivity contribution in [1.29, 1.82) is 0 Å². The van der Waals surface area contributed by atoms with Crippen molar-refractivity contribution >= 4 is 5.97 Å². The van der Waals surface area contributed by atoms with E-state index in [9.17, 15) is 18.4 Å². The van der Waals surface area contributed by atoms with Crippen molar-refractivity contribution in [1.82, 2.24) is 4.98 Å². The molecule has 0 spiro atoms. The molecule has 1 aromatic heterocycles. The van der Waals surface area contributed by atoms with Gasteiger partial charge in [0.05, 0.1) is 19.2 Å². The molecule has 0 bridgehead atoms. The largest absolute Gasteiger partial charge is 0.469 e. The van der Waals surface area contributed by atoms with Crippen LogP contribution in [0.5, 0.6) is 0 Å². The number of nitrogens with one attached hydrogen (secondary N) is 1. The summed E-state index contributed by atoms with van der Waals surface area (Å²) in [6.45, 7) is 1.44. The highest BCUT2D eigenvalue weighted by Crippen LogP contribution is 2.19. The third kappa shape index (κ3) is 2.65. The summed E-state index contributed by atoms with van der Waals surface area (Å²) in [5.74, 6) is -0.588. The Morgan fingerprint density at radius 2 is 2.19 bits per heavy atom. The Labute approximate surface area is 90.2 Å². The van der Waals surface area contributed by atoms with Crippen molar-refractivity contribution in [3.05, 3.63) is 33.2 Å². The number of methoxy groups -OCH3 is 1. The molecule has 0 aromatic carbocycles. The standard InChI is InChI=1S/C10H11F2NO3/c1-5-3-6(4-7(14)16-2)10(15)13-8(5)9(11)12/h3,9H,4H2,1-2H3,(H,13,15). The average Bonchev–Trinajstić information content (AvgIpc) is 2.22. The molecular formula is C10H11F2NO3. The van der Waals surface area contributed by atoms with Crippen LogP contribution >= 0.6 is 0 Å². The summed E-state index contributed by atoms with van der Waals surface area (Å²) in [6, 6.07) is 1.28. The number of hydrogen-bond acceptors (Lipinski definition) is 3. The average molecular weight is 231 g/mol. The van der Waals surface area contributed by atoms with Crippen molar-refractivity contribution in [2.45, 2.75) is 19.8 Å². The minimum absolute atomic E-state index is 0.119. The van der Waals surface area contributed by atoms with Gasteiger partial charge in [0, 0.05) is 5.56 Å². The van der Waals surface area contributed by atoms with Gasteiger partial charge < -0.3 is 9.72 Å². The van der Waals surface area contributed by atoms with Crippen molar-refractivity contribution in [3.8, 4) is 0 Å². The van der Waals surface area contributed by atoms with E-state index in [-0.39, 0.29) is 17.5 Å². The number of carbonyl (C=O) groups is 1. The fraction of sp³-hybridized carbons (Fsp3) is 0.400. The van der Waals surface area contributed by atoms with Crippen LogP contribution in [0.4, 0.5) is 8.78 Å². The minimum atomic E-state index is -2.74. The fourth-order valence-electron chi connectivity index (χ4n) is 1.29. The molecular weight excluding hydrogens is 220 g/mol. The lowest BCUT2D eigenvalue weighted by atomic mass is 10.1. The van der Waals surface area contributed by atoms with Gasteiger partial charge in [-0.2, -0.15) is 0 Å². The number of halogens is 2. The molecule has 0 amide bonds. The number of aryl methyl sites for hydroxylation is 1. The number of aromatic nitrogens is 1. The van der Waals surface area contributed by atoms with Gasteiger partial charge in [0.15, 0.2) is 0 Å². The topological polar surface area (TPSA) is 59.2 Å². The number of H-pyrrole nitrogens is 1. The van der Waals surface area contributed by atoms with Gasteiger partial charge in [0.25, 0.3) is 12.0 Å². The Morgan fingerprint density at radius 1 is 1.56 bits per heavy atom. The lowest BCUT2D eigenvalue weighted by Gasteiger charge is -2.06. The first-order chi connectivity index (χ1) is 7.45. The lowest BCUT2D eigenvalue weighted by Crippen LogP contribution is -2.19. The summed E-state index contributed by atoms with van der Waals surface area (Å²) >= 11 is 0. The first-order valence-electron chi connectivity index (χ1n) is 4.53. The minimum Gasteiger partial charge on any atom is -0.469 e. The highest BCUT2D eigenvalue weighted by Gasteiger charge is 2.15. The van der Waals surface area contributed by atoms with Crippen molar-refractivity contribution in [3.63, 3.8) is 0 Å². The number of esters is 1. The Morgan fingerprint density at radius 3 is 2.69 bits per heavy atom. The Bertz CT molecular complexity index is 454. The molecule has 1 N–H and O–H groups in total. The maximum absolute atomic E-state index is 12.4. The number of aromatic amines is 1. The lowest BCUT2D eigenvalue weighted by molar-refractivity contribution is -0.139. The van der Waals surface area contributed by atoms with Gasteiger partial charge in [-0.3, -0.25) is 9.59 Å². The zero-order chi connectivity index (χ0) is 12.3. The molecule has 1 rings (SSSR count). The highest BCUT2D eigenvalue weighted by atomic mass is 19.3. The maximum atomic E-state index is 12.4. The van der Waals surface area contributed by atoms with Crippen LogP contribution in [-0.4, -0.2) is 18.1 Å². The summed E-state index contributed by atoms with van der Waals surface area (Å²) in [7, 11) is 1.19. The zero-order valence-electron chi connectivity index (χ0n) is 8.84. The molecule has 0 radical (unpaired) electrons. The summed E-state index contributed by atoms with van der Waals surface area (Å²) in [4.78, 5) is 24.4. The first-order valence-corrected chi connectivity index (χ1v) is 4.53. The SMILES string of the molecule is COC(=O)Cc1cc(C)c(C(F)F)[nH]c1=O. The van der Waals surface area contributed by atoms with Crippen molar-refractivity contribution in [2.75, 3.05) is 7.11 Å². The third-order valence-corrected chi connectivity index (χ3v) is 2.14. The molecule has 1 aromatic rings. The van der Waals surface area contributed by atoms with Crippen LogP contribution in [-0.2, 0) is 16.0 Å². The van der Waals surface area contributed by atoms with E-state index in [1.807, 2.05) is 0 Å². The number of ether oxygens (including phenoxy) is 1. The number of rotatable bonds is 3. The Balaban J connectivity index is 3.11. The van der Waals surface area contributed by atoms with Crippen LogP contribution in [0.2, 0.25) is 0 Å². The Hall–Kier alpha value is -1.72. The second-order valence-corrected chi connectivity index (χ2v) is 3.27. The molecule has 0 fully saturated rings. The van der Waals surface area contributed by atoms with Gasteiger partial charge in [0.2, 0.25) is 0 Å². The number of pyridine rings is 1. The molecule has 0 aliphatic heterocycles. The van der Waals surface area contributed by atoms with E-state index in [1.165, 1.54) is 20.1 Å². The van der Waals surface area contributed by atoms with Crippen molar-refractivity contribution in [2.24, 2.45) is 0 Å². The first kappa shape index (κ1) is 12.4. The van der Waals surface area contributed by atoms with E-state index in [0.717, 1.165) is 0 Å². The molecule has 6 heteroatoms. The molecule has 0 saturated heterocycles. The van der Waals surface area contributed by atoms with Crippen molar-refractivity contribution < 1.29 is 18.3 Å². The van der Waals surface area contributed by atoms with Crippen LogP contribution in [0.25, 0.3) is 0 Å². The number of hydrogen-bond donors (Lipinski definition) is 1. The second-order valence-electron chi connectivity index (χ2n) is 3.27. The molecule has 0 unspecified atom stereocenters. The Kier molecular flexibility index (Phi) is 3.76. The molecule has 0 atom stereocenters. The molecule has 0 saturated carbocycles. The van der Waals surface area contributed by atoms with Gasteiger partial charge >= 0.3 is 5.97 Å². The van der Waals surface area contributed by atoms with Crippen LogP contribution in [0.15, 0.2) is 10.9 Å². The fourth-order valence-corrected chi connectivity index (χ4v) is 1.29. The highest BCUT2D eigenvalue weighted by molar-refractivity contribution is 5.72. The van der Waals surface area contributed by atoms with Crippen LogP contribution in [0.1, 0.15) is 23.2 Å². The quantitative estimate of drug-likeness (QED) is 0.798. The van der Waals surface area contributed by atoms with E-state index >= 15 is 0 Å². The molecule has 1 heterocycles. The van der Waals surface area contributed by atoms with Gasteiger partial charge in [-0.1, -0.05) is 0 Å². The molecule has 4 nitrogen and oxygen atoms in total. The molecule has 16 heavy (non-hydrogen) atoms. The molecule has 0 aliphatic rings. The van der Waals surface area contributed by atoms with Gasteiger partial charge in [-0.15, -0.1) is 0 Å². The van der Waals surface area contributed by atoms with E-state index in [2.05, 4.69) is 9.72 Å². The summed E-state index contributed by atoms with van der Waals surface area (Å²) in [5.41, 5.74) is -0.743. The van der Waals surface area contributed by atoms with E-state index in [4.69, 9.17) is 0 Å². The predicted molar refractivity (Wildman–Crippen MR) is 52.5 cm³/mol.